The van der Waals surface area contributed by atoms with Gasteiger partial charge < -0.3 is 10.6 Å². The Morgan fingerprint density at radius 2 is 1.85 bits per heavy atom. The van der Waals surface area contributed by atoms with E-state index in [0.717, 1.165) is 22.2 Å². The number of anilines is 2. The van der Waals surface area contributed by atoms with Crippen LogP contribution in [0.25, 0.3) is 0 Å². The lowest BCUT2D eigenvalue weighted by Gasteiger charge is -2.27. The number of hydrogen-bond donors (Lipinski definition) is 2. The van der Waals surface area contributed by atoms with Crippen LogP contribution >= 0.6 is 11.3 Å². The zero-order valence-corrected chi connectivity index (χ0v) is 13.4. The number of thiazole rings is 1. The van der Waals surface area contributed by atoms with Gasteiger partial charge in [0, 0.05) is 24.2 Å². The maximum Gasteiger partial charge on any atom is 0.135 e. The molecule has 0 bridgehead atoms. The molecule has 0 aliphatic carbocycles. The van der Waals surface area contributed by atoms with Gasteiger partial charge in [0.15, 0.2) is 0 Å². The first kappa shape index (κ1) is 14.7. The molecule has 0 amide bonds. The summed E-state index contributed by atoms with van der Waals surface area (Å²) in [6.07, 6.45) is 3.41. The fourth-order valence-corrected chi connectivity index (χ4v) is 2.84. The van der Waals surface area contributed by atoms with Gasteiger partial charge in [0.1, 0.15) is 23.0 Å². The maximum atomic E-state index is 4.42. The number of rotatable bonds is 5. The molecule has 0 saturated carbocycles. The summed E-state index contributed by atoms with van der Waals surface area (Å²) in [5, 5.41) is 9.66. The molecular formula is C14H21N5S. The fraction of sp³-hybridized carbons (Fsp3) is 0.500. The second-order valence-corrected chi connectivity index (χ2v) is 6.37. The second-order valence-electron chi connectivity index (χ2n) is 5.48. The summed E-state index contributed by atoms with van der Waals surface area (Å²) < 4.78 is 0. The highest BCUT2D eigenvalue weighted by molar-refractivity contribution is 7.09. The molecular weight excluding hydrogens is 270 g/mol. The van der Waals surface area contributed by atoms with Gasteiger partial charge in [-0.2, -0.15) is 0 Å². The van der Waals surface area contributed by atoms with Gasteiger partial charge >= 0.3 is 0 Å². The lowest BCUT2D eigenvalue weighted by molar-refractivity contribution is 0.598. The third-order valence-electron chi connectivity index (χ3n) is 3.10. The van der Waals surface area contributed by atoms with Crippen LogP contribution in [0.3, 0.4) is 0 Å². The lowest BCUT2D eigenvalue weighted by Crippen LogP contribution is -2.29. The van der Waals surface area contributed by atoms with E-state index in [1.165, 1.54) is 0 Å². The third kappa shape index (κ3) is 2.90. The van der Waals surface area contributed by atoms with Crippen LogP contribution in [0, 0.1) is 0 Å². The van der Waals surface area contributed by atoms with Crippen molar-refractivity contribution in [2.24, 2.45) is 0 Å². The fourth-order valence-electron chi connectivity index (χ4n) is 2.12. The van der Waals surface area contributed by atoms with Crippen molar-refractivity contribution >= 4 is 23.0 Å². The van der Waals surface area contributed by atoms with Crippen molar-refractivity contribution < 1.29 is 0 Å². The minimum Gasteiger partial charge on any atom is -0.373 e. The van der Waals surface area contributed by atoms with E-state index in [1.807, 2.05) is 18.6 Å². The SMILES string of the molecule is CNc1ncnc(NC(C)(C)c2nccs2)c1C(C)C. The molecule has 20 heavy (non-hydrogen) atoms. The van der Waals surface area contributed by atoms with Crippen molar-refractivity contribution in [3.63, 3.8) is 0 Å². The monoisotopic (exact) mass is 291 g/mol. The predicted molar refractivity (Wildman–Crippen MR) is 84.4 cm³/mol. The van der Waals surface area contributed by atoms with Crippen molar-refractivity contribution in [1.29, 1.82) is 0 Å². The van der Waals surface area contributed by atoms with Gasteiger partial charge in [0.05, 0.1) is 5.54 Å². The quantitative estimate of drug-likeness (QED) is 0.883. The first-order chi connectivity index (χ1) is 9.45. The predicted octanol–water partition coefficient (Wildman–Crippen LogP) is 3.45. The van der Waals surface area contributed by atoms with Crippen molar-refractivity contribution in [3.8, 4) is 0 Å². The Morgan fingerprint density at radius 3 is 2.40 bits per heavy atom. The van der Waals surface area contributed by atoms with Crippen molar-refractivity contribution in [2.45, 2.75) is 39.2 Å². The molecule has 2 aromatic rings. The molecule has 5 nitrogen and oxygen atoms in total. The van der Waals surface area contributed by atoms with Crippen LogP contribution < -0.4 is 10.6 Å². The van der Waals surface area contributed by atoms with Gasteiger partial charge in [0.25, 0.3) is 0 Å². The second kappa shape index (κ2) is 5.75. The Morgan fingerprint density at radius 1 is 1.15 bits per heavy atom. The van der Waals surface area contributed by atoms with E-state index in [1.54, 1.807) is 17.7 Å². The van der Waals surface area contributed by atoms with Crippen molar-refractivity contribution in [1.82, 2.24) is 15.0 Å². The third-order valence-corrected chi connectivity index (χ3v) is 4.19. The van der Waals surface area contributed by atoms with E-state index >= 15 is 0 Å². The topological polar surface area (TPSA) is 62.7 Å². The lowest BCUT2D eigenvalue weighted by atomic mass is 10.0. The van der Waals surface area contributed by atoms with Gasteiger partial charge in [0.2, 0.25) is 0 Å². The Balaban J connectivity index is 2.39. The summed E-state index contributed by atoms with van der Waals surface area (Å²) in [5.74, 6) is 2.06. The van der Waals surface area contributed by atoms with Crippen molar-refractivity contribution in [3.05, 3.63) is 28.5 Å². The minimum absolute atomic E-state index is 0.267. The van der Waals surface area contributed by atoms with Gasteiger partial charge in [-0.1, -0.05) is 13.8 Å². The molecule has 0 aliphatic heterocycles. The zero-order chi connectivity index (χ0) is 14.8. The van der Waals surface area contributed by atoms with Crippen LogP contribution in [-0.4, -0.2) is 22.0 Å². The molecule has 0 spiro atoms. The van der Waals surface area contributed by atoms with Crippen LogP contribution in [0.5, 0.6) is 0 Å². The zero-order valence-electron chi connectivity index (χ0n) is 12.6. The molecule has 0 fully saturated rings. The summed E-state index contributed by atoms with van der Waals surface area (Å²) in [6.45, 7) is 8.50. The molecule has 0 radical (unpaired) electrons. The highest BCUT2D eigenvalue weighted by Crippen LogP contribution is 2.33. The number of nitrogens with one attached hydrogen (secondary N) is 2. The Bertz CT molecular complexity index is 563. The summed E-state index contributed by atoms with van der Waals surface area (Å²) in [4.78, 5) is 13.1. The van der Waals surface area contributed by atoms with Crippen LogP contribution in [0.4, 0.5) is 11.6 Å². The van der Waals surface area contributed by atoms with Crippen LogP contribution in [0.2, 0.25) is 0 Å². The normalized spacial score (nSPS) is 11.7. The average molecular weight is 291 g/mol. The summed E-state index contributed by atoms with van der Waals surface area (Å²) in [7, 11) is 1.88. The van der Waals surface area contributed by atoms with Gasteiger partial charge in [-0.05, 0) is 19.8 Å². The Labute approximate surface area is 123 Å². The Kier molecular flexibility index (Phi) is 4.23. The highest BCUT2D eigenvalue weighted by atomic mass is 32.1. The standard InChI is InChI=1S/C14H21N5S/c1-9(2)10-11(15-5)17-8-18-12(10)19-14(3,4)13-16-6-7-20-13/h6-9H,1-5H3,(H2,15,17,18,19). The number of aromatic nitrogens is 3. The van der Waals surface area contributed by atoms with E-state index < -0.39 is 0 Å². The largest absolute Gasteiger partial charge is 0.373 e. The molecule has 6 heteroatoms. The maximum absolute atomic E-state index is 4.42. The first-order valence-electron chi connectivity index (χ1n) is 6.66. The van der Waals surface area contributed by atoms with E-state index in [9.17, 15) is 0 Å². The van der Waals surface area contributed by atoms with Crippen LogP contribution in [0.1, 0.15) is 44.2 Å². The molecule has 0 saturated heterocycles. The molecule has 0 atom stereocenters. The summed E-state index contributed by atoms with van der Waals surface area (Å²) in [5.41, 5.74) is 0.830. The number of hydrogen-bond acceptors (Lipinski definition) is 6. The molecule has 0 aromatic carbocycles. The Hall–Kier alpha value is -1.69. The summed E-state index contributed by atoms with van der Waals surface area (Å²) in [6, 6.07) is 0. The molecule has 2 rings (SSSR count). The molecule has 2 N–H and O–H groups in total. The molecule has 2 aromatic heterocycles. The van der Waals surface area contributed by atoms with E-state index in [4.69, 9.17) is 0 Å². The van der Waals surface area contributed by atoms with Gasteiger partial charge in [-0.25, -0.2) is 15.0 Å². The summed E-state index contributed by atoms with van der Waals surface area (Å²) >= 11 is 1.64. The van der Waals surface area contributed by atoms with E-state index in [0.29, 0.717) is 5.92 Å². The number of nitrogens with zero attached hydrogens (tertiary/aromatic N) is 3. The van der Waals surface area contributed by atoms with Crippen molar-refractivity contribution in [2.75, 3.05) is 17.7 Å². The van der Waals surface area contributed by atoms with Crippen LogP contribution in [-0.2, 0) is 5.54 Å². The van der Waals surface area contributed by atoms with Gasteiger partial charge in [-0.15, -0.1) is 11.3 Å². The smallest absolute Gasteiger partial charge is 0.135 e. The first-order valence-corrected chi connectivity index (χ1v) is 7.54. The minimum atomic E-state index is -0.267. The van der Waals surface area contributed by atoms with E-state index in [-0.39, 0.29) is 5.54 Å². The molecule has 0 unspecified atom stereocenters. The average Bonchev–Trinajstić information content (AvgIpc) is 2.92. The highest BCUT2D eigenvalue weighted by Gasteiger charge is 2.26. The van der Waals surface area contributed by atoms with Crippen LogP contribution in [0.15, 0.2) is 17.9 Å². The van der Waals surface area contributed by atoms with E-state index in [2.05, 4.69) is 53.3 Å². The molecule has 0 aliphatic rings. The molecule has 108 valence electrons. The van der Waals surface area contributed by atoms with Gasteiger partial charge in [-0.3, -0.25) is 0 Å². The molecule has 2 heterocycles.